The number of hydrogen-bond donors (Lipinski definition) is 0. The number of imide groups is 1. The Labute approximate surface area is 132 Å². The van der Waals surface area contributed by atoms with Crippen LogP contribution in [0.15, 0.2) is 36.4 Å². The molecule has 0 saturated heterocycles. The maximum Gasteiger partial charge on any atom is 0.265 e. The Bertz CT molecular complexity index is 786. The Kier molecular flexibility index (Phi) is 3.73. The summed E-state index contributed by atoms with van der Waals surface area (Å²) in [4.78, 5) is 26.2. The molecule has 1 aliphatic heterocycles. The number of ether oxygens (including phenoxy) is 2. The van der Waals surface area contributed by atoms with Gasteiger partial charge in [-0.25, -0.2) is 4.39 Å². The predicted molar refractivity (Wildman–Crippen MR) is 80.2 cm³/mol. The van der Waals surface area contributed by atoms with E-state index in [1.807, 2.05) is 0 Å². The van der Waals surface area contributed by atoms with Crippen molar-refractivity contribution in [2.24, 2.45) is 0 Å². The van der Waals surface area contributed by atoms with Crippen LogP contribution in [0.25, 0.3) is 0 Å². The Morgan fingerprint density at radius 2 is 1.65 bits per heavy atom. The highest BCUT2D eigenvalue weighted by Crippen LogP contribution is 2.38. The van der Waals surface area contributed by atoms with Gasteiger partial charge in [0.25, 0.3) is 11.8 Å². The van der Waals surface area contributed by atoms with Gasteiger partial charge in [-0.15, -0.1) is 0 Å². The first-order valence-corrected chi connectivity index (χ1v) is 6.92. The molecule has 0 bridgehead atoms. The molecule has 0 aliphatic carbocycles. The summed E-state index contributed by atoms with van der Waals surface area (Å²) in [5, 5.41) is 0. The van der Waals surface area contributed by atoms with Crippen molar-refractivity contribution in [1.29, 1.82) is 0 Å². The normalized spacial score (nSPS) is 13.3. The smallest absolute Gasteiger partial charge is 0.265 e. The molecule has 1 heterocycles. The molecule has 0 radical (unpaired) electrons. The van der Waals surface area contributed by atoms with E-state index in [2.05, 4.69) is 0 Å². The van der Waals surface area contributed by atoms with Crippen molar-refractivity contribution in [2.75, 3.05) is 14.2 Å². The standard InChI is InChI=1S/C17H14FNO4/c1-22-13-8-7-12-14(15(13)23-2)17(21)19(16(12)20)9-10-3-5-11(18)6-4-10/h3-8H,9H2,1-2H3. The molecule has 2 aromatic rings. The number of fused-ring (bicyclic) bond motifs is 1. The van der Waals surface area contributed by atoms with E-state index in [-0.39, 0.29) is 29.2 Å². The summed E-state index contributed by atoms with van der Waals surface area (Å²) in [6.45, 7) is 0.0676. The maximum atomic E-state index is 13.0. The van der Waals surface area contributed by atoms with Crippen molar-refractivity contribution in [3.63, 3.8) is 0 Å². The van der Waals surface area contributed by atoms with Gasteiger partial charge in [0.1, 0.15) is 5.82 Å². The molecule has 3 rings (SSSR count). The number of carbonyl (C=O) groups excluding carboxylic acids is 2. The van der Waals surface area contributed by atoms with Crippen LogP contribution in [0.4, 0.5) is 4.39 Å². The van der Waals surface area contributed by atoms with E-state index in [1.165, 1.54) is 38.5 Å². The second-order valence-corrected chi connectivity index (χ2v) is 5.05. The van der Waals surface area contributed by atoms with Crippen LogP contribution >= 0.6 is 0 Å². The van der Waals surface area contributed by atoms with Gasteiger partial charge in [0.05, 0.1) is 31.9 Å². The molecule has 1 aliphatic rings. The third kappa shape index (κ3) is 2.42. The molecular weight excluding hydrogens is 301 g/mol. The summed E-state index contributed by atoms with van der Waals surface area (Å²) in [7, 11) is 2.88. The first-order valence-electron chi connectivity index (χ1n) is 6.92. The molecule has 118 valence electrons. The third-order valence-electron chi connectivity index (χ3n) is 3.73. The SMILES string of the molecule is COc1ccc2c(c1OC)C(=O)N(Cc1ccc(F)cc1)C2=O. The van der Waals surface area contributed by atoms with Crippen molar-refractivity contribution in [1.82, 2.24) is 4.90 Å². The van der Waals surface area contributed by atoms with Gasteiger partial charge < -0.3 is 9.47 Å². The minimum Gasteiger partial charge on any atom is -0.493 e. The number of nitrogens with zero attached hydrogens (tertiary/aromatic N) is 1. The van der Waals surface area contributed by atoms with Crippen LogP contribution in [0.5, 0.6) is 11.5 Å². The zero-order valence-corrected chi connectivity index (χ0v) is 12.6. The van der Waals surface area contributed by atoms with Crippen molar-refractivity contribution in [2.45, 2.75) is 6.54 Å². The Balaban J connectivity index is 1.98. The highest BCUT2D eigenvalue weighted by molar-refractivity contribution is 6.22. The van der Waals surface area contributed by atoms with Gasteiger partial charge in [-0.05, 0) is 29.8 Å². The van der Waals surface area contributed by atoms with E-state index in [1.54, 1.807) is 12.1 Å². The van der Waals surface area contributed by atoms with Gasteiger partial charge in [0, 0.05) is 0 Å². The molecule has 0 spiro atoms. The van der Waals surface area contributed by atoms with E-state index in [0.29, 0.717) is 11.3 Å². The predicted octanol–water partition coefficient (Wildman–Crippen LogP) is 2.64. The summed E-state index contributed by atoms with van der Waals surface area (Å²) in [6, 6.07) is 8.79. The monoisotopic (exact) mass is 315 g/mol. The number of benzene rings is 2. The van der Waals surface area contributed by atoms with Crippen molar-refractivity contribution >= 4 is 11.8 Å². The molecule has 0 fully saturated rings. The molecule has 0 saturated carbocycles. The van der Waals surface area contributed by atoms with E-state index in [4.69, 9.17) is 9.47 Å². The van der Waals surface area contributed by atoms with Crippen LogP contribution in [0.3, 0.4) is 0 Å². The van der Waals surface area contributed by atoms with Crippen molar-refractivity contribution in [3.05, 3.63) is 58.9 Å². The van der Waals surface area contributed by atoms with Crippen molar-refractivity contribution < 1.29 is 23.5 Å². The Morgan fingerprint density at radius 1 is 0.957 bits per heavy atom. The number of carbonyl (C=O) groups is 2. The van der Waals surface area contributed by atoms with Crippen LogP contribution in [-0.2, 0) is 6.54 Å². The van der Waals surface area contributed by atoms with Crippen LogP contribution < -0.4 is 9.47 Å². The number of amides is 2. The lowest BCUT2D eigenvalue weighted by Gasteiger charge is -2.14. The third-order valence-corrected chi connectivity index (χ3v) is 3.73. The molecular formula is C17H14FNO4. The van der Waals surface area contributed by atoms with Gasteiger partial charge in [0.15, 0.2) is 11.5 Å². The van der Waals surface area contributed by atoms with Crippen LogP contribution in [0, 0.1) is 5.82 Å². The van der Waals surface area contributed by atoms with Crippen LogP contribution in [0.2, 0.25) is 0 Å². The summed E-state index contributed by atoms with van der Waals surface area (Å²) in [5.41, 5.74) is 1.13. The average Bonchev–Trinajstić information content (AvgIpc) is 2.81. The van der Waals surface area contributed by atoms with E-state index < -0.39 is 11.8 Å². The van der Waals surface area contributed by atoms with Crippen molar-refractivity contribution in [3.8, 4) is 11.5 Å². The van der Waals surface area contributed by atoms with Gasteiger partial charge in [-0.1, -0.05) is 12.1 Å². The molecule has 2 aromatic carbocycles. The molecule has 0 atom stereocenters. The zero-order chi connectivity index (χ0) is 16.6. The lowest BCUT2D eigenvalue weighted by atomic mass is 10.1. The number of hydrogen-bond acceptors (Lipinski definition) is 4. The fourth-order valence-corrected chi connectivity index (χ4v) is 2.61. The summed E-state index contributed by atoms with van der Waals surface area (Å²) in [5.74, 6) is -0.608. The van der Waals surface area contributed by atoms with Gasteiger partial charge in [0.2, 0.25) is 0 Å². The van der Waals surface area contributed by atoms with Crippen LogP contribution in [-0.4, -0.2) is 30.9 Å². The number of halogens is 1. The van der Waals surface area contributed by atoms with Gasteiger partial charge in [-0.3, -0.25) is 14.5 Å². The molecule has 0 aromatic heterocycles. The van der Waals surface area contributed by atoms with E-state index >= 15 is 0 Å². The van der Waals surface area contributed by atoms with E-state index in [0.717, 1.165) is 4.90 Å². The summed E-state index contributed by atoms with van der Waals surface area (Å²) in [6.07, 6.45) is 0. The topological polar surface area (TPSA) is 55.8 Å². The fraction of sp³-hybridized carbons (Fsp3) is 0.176. The fourth-order valence-electron chi connectivity index (χ4n) is 2.61. The minimum atomic E-state index is -0.454. The van der Waals surface area contributed by atoms with Crippen LogP contribution in [0.1, 0.15) is 26.3 Å². The lowest BCUT2D eigenvalue weighted by molar-refractivity contribution is 0.0641. The zero-order valence-electron chi connectivity index (χ0n) is 12.6. The number of methoxy groups -OCH3 is 2. The van der Waals surface area contributed by atoms with E-state index in [9.17, 15) is 14.0 Å². The molecule has 6 heteroatoms. The molecule has 0 N–H and O–H groups in total. The summed E-state index contributed by atoms with van der Waals surface area (Å²) >= 11 is 0. The first kappa shape index (κ1) is 15.0. The Hall–Kier alpha value is -2.89. The van der Waals surface area contributed by atoms with Gasteiger partial charge >= 0.3 is 0 Å². The second kappa shape index (κ2) is 5.72. The first-order chi connectivity index (χ1) is 11.1. The molecule has 23 heavy (non-hydrogen) atoms. The Morgan fingerprint density at radius 3 is 2.26 bits per heavy atom. The molecule has 2 amide bonds. The molecule has 0 unspecified atom stereocenters. The largest absolute Gasteiger partial charge is 0.493 e. The minimum absolute atomic E-state index is 0.0676. The lowest BCUT2D eigenvalue weighted by Crippen LogP contribution is -2.29. The number of rotatable bonds is 4. The summed E-state index contributed by atoms with van der Waals surface area (Å²) < 4.78 is 23.4. The molecule has 5 nitrogen and oxygen atoms in total. The highest BCUT2D eigenvalue weighted by atomic mass is 19.1. The highest BCUT2D eigenvalue weighted by Gasteiger charge is 2.39. The average molecular weight is 315 g/mol. The quantitative estimate of drug-likeness (QED) is 0.814. The maximum absolute atomic E-state index is 13.0. The van der Waals surface area contributed by atoms with Gasteiger partial charge in [-0.2, -0.15) is 0 Å². The second-order valence-electron chi connectivity index (χ2n) is 5.05.